The minimum atomic E-state index is -0.167. The van der Waals surface area contributed by atoms with E-state index in [4.69, 9.17) is 9.97 Å². The van der Waals surface area contributed by atoms with Crippen LogP contribution in [0.1, 0.15) is 25.0 Å². The molecule has 0 spiro atoms. The molecule has 1 aliphatic carbocycles. The Morgan fingerprint density at radius 3 is 1.55 bits per heavy atom. The van der Waals surface area contributed by atoms with E-state index in [1.54, 1.807) is 12.4 Å². The number of benzene rings is 9. The molecule has 0 saturated heterocycles. The van der Waals surface area contributed by atoms with Crippen LogP contribution in [0, 0.1) is 0 Å². The van der Waals surface area contributed by atoms with Crippen LogP contribution in [0.15, 0.2) is 188 Å². The lowest BCUT2D eigenvalue weighted by Crippen LogP contribution is -2.15. The van der Waals surface area contributed by atoms with E-state index >= 15 is 0 Å². The van der Waals surface area contributed by atoms with Crippen LogP contribution in [-0.2, 0) is 5.41 Å². The van der Waals surface area contributed by atoms with Gasteiger partial charge in [0.1, 0.15) is 0 Å². The van der Waals surface area contributed by atoms with Crippen LogP contribution < -0.4 is 0 Å². The molecular weight excluding hydrogens is 703 g/mol. The van der Waals surface area contributed by atoms with Crippen LogP contribution in [0.2, 0.25) is 0 Å². The van der Waals surface area contributed by atoms with Crippen LogP contribution in [0.5, 0.6) is 0 Å². The molecule has 0 saturated carbocycles. The molecule has 2 heterocycles. The van der Waals surface area contributed by atoms with Crippen molar-refractivity contribution in [2.24, 2.45) is 0 Å². The SMILES string of the molecule is CC1(C)c2cc(-c3cccc(-c4ccc5c6ccccc6n(-c6ccccc6)c5c4)c3)ccc2-c2ccc(-c3ccc4c(c3)c3ccccc3c3nccnc43)cc21. The van der Waals surface area contributed by atoms with Gasteiger partial charge >= 0.3 is 0 Å². The van der Waals surface area contributed by atoms with Gasteiger partial charge in [-0.05, 0) is 115 Å². The Bertz CT molecular complexity index is 3450. The fraction of sp³-hybridized carbons (Fsp3) is 0.0545. The Hall–Kier alpha value is -7.36. The fourth-order valence-electron chi connectivity index (χ4n) is 9.79. The third-order valence-electron chi connectivity index (χ3n) is 12.7. The number of hydrogen-bond donors (Lipinski definition) is 0. The fourth-order valence-corrected chi connectivity index (χ4v) is 9.79. The van der Waals surface area contributed by atoms with Gasteiger partial charge in [-0.1, -0.05) is 141 Å². The van der Waals surface area contributed by atoms with Crippen molar-refractivity contribution in [3.8, 4) is 50.2 Å². The first-order valence-electron chi connectivity index (χ1n) is 20.1. The third kappa shape index (κ3) is 4.80. The second-order valence-corrected chi connectivity index (χ2v) is 16.2. The highest BCUT2D eigenvalue weighted by Crippen LogP contribution is 2.51. The maximum Gasteiger partial charge on any atom is 0.0971 e. The van der Waals surface area contributed by atoms with E-state index < -0.39 is 0 Å². The van der Waals surface area contributed by atoms with Crippen molar-refractivity contribution in [2.45, 2.75) is 19.3 Å². The number of nitrogens with zero attached hydrogens (tertiary/aromatic N) is 3. The lowest BCUT2D eigenvalue weighted by molar-refractivity contribution is 0.661. The normalized spacial score (nSPS) is 13.1. The van der Waals surface area contributed by atoms with Gasteiger partial charge in [0.25, 0.3) is 0 Å². The van der Waals surface area contributed by atoms with E-state index in [0.717, 1.165) is 21.8 Å². The lowest BCUT2D eigenvalue weighted by Gasteiger charge is -2.23. The Morgan fingerprint density at radius 1 is 0.362 bits per heavy atom. The monoisotopic (exact) mass is 739 g/mol. The summed E-state index contributed by atoms with van der Waals surface area (Å²) in [5.74, 6) is 0. The van der Waals surface area contributed by atoms with E-state index in [-0.39, 0.29) is 5.41 Å². The molecule has 0 aliphatic heterocycles. The summed E-state index contributed by atoms with van der Waals surface area (Å²) in [6, 6.07) is 64.8. The molecule has 272 valence electrons. The minimum Gasteiger partial charge on any atom is -0.309 e. The van der Waals surface area contributed by atoms with Gasteiger partial charge in [0, 0.05) is 45.0 Å². The summed E-state index contributed by atoms with van der Waals surface area (Å²) >= 11 is 0. The molecule has 0 amide bonds. The number of rotatable bonds is 4. The largest absolute Gasteiger partial charge is 0.309 e. The molecule has 1 aliphatic rings. The first kappa shape index (κ1) is 32.8. The predicted octanol–water partition coefficient (Wildman–Crippen LogP) is 14.3. The van der Waals surface area contributed by atoms with E-state index in [0.29, 0.717) is 0 Å². The van der Waals surface area contributed by atoms with Crippen molar-refractivity contribution in [1.29, 1.82) is 0 Å². The Balaban J connectivity index is 0.919. The molecule has 0 fully saturated rings. The highest BCUT2D eigenvalue weighted by Gasteiger charge is 2.36. The standard InChI is InChI=1S/C55H37N3/c1-55(2)49-31-37(34-11-10-12-35(29-34)39-21-25-45-44-16-8-9-18-51(44)58(52(45)33-39)40-13-4-3-5-14-40)19-23-42(49)43-24-20-38(32-50(43)55)36-22-26-47-48(30-36)41-15-6-7-17-46(41)53-54(47)57-28-27-56-53/h3-33H,1-2H3. The van der Waals surface area contributed by atoms with Gasteiger partial charge in [0.05, 0.1) is 22.1 Å². The maximum absolute atomic E-state index is 4.77. The predicted molar refractivity (Wildman–Crippen MR) is 243 cm³/mol. The average Bonchev–Trinajstić information content (AvgIpc) is 3.73. The maximum atomic E-state index is 4.77. The average molecular weight is 740 g/mol. The molecule has 3 heteroatoms. The molecule has 11 aromatic rings. The number of aromatic nitrogens is 3. The van der Waals surface area contributed by atoms with Gasteiger partial charge in [-0.2, -0.15) is 0 Å². The molecule has 3 nitrogen and oxygen atoms in total. The van der Waals surface area contributed by atoms with E-state index in [9.17, 15) is 0 Å². The first-order valence-corrected chi connectivity index (χ1v) is 20.1. The van der Waals surface area contributed by atoms with Crippen LogP contribution in [0.4, 0.5) is 0 Å². The van der Waals surface area contributed by atoms with Gasteiger partial charge < -0.3 is 4.57 Å². The topological polar surface area (TPSA) is 30.7 Å². The van der Waals surface area contributed by atoms with Crippen molar-refractivity contribution < 1.29 is 0 Å². The van der Waals surface area contributed by atoms with Gasteiger partial charge in [-0.3, -0.25) is 9.97 Å². The number of hydrogen-bond acceptors (Lipinski definition) is 2. The van der Waals surface area contributed by atoms with Crippen LogP contribution >= 0.6 is 0 Å². The molecule has 9 aromatic carbocycles. The van der Waals surface area contributed by atoms with E-state index in [2.05, 4.69) is 194 Å². The van der Waals surface area contributed by atoms with Crippen molar-refractivity contribution in [2.75, 3.05) is 0 Å². The second kappa shape index (κ2) is 12.3. The summed E-state index contributed by atoms with van der Waals surface area (Å²) in [5, 5.41) is 7.20. The molecule has 12 rings (SSSR count). The molecule has 58 heavy (non-hydrogen) atoms. The summed E-state index contributed by atoms with van der Waals surface area (Å²) in [5.41, 5.74) is 18.0. The zero-order valence-electron chi connectivity index (χ0n) is 32.2. The van der Waals surface area contributed by atoms with Crippen LogP contribution in [-0.4, -0.2) is 14.5 Å². The quantitative estimate of drug-likeness (QED) is 0.168. The van der Waals surface area contributed by atoms with Crippen molar-refractivity contribution in [3.63, 3.8) is 0 Å². The zero-order valence-corrected chi connectivity index (χ0v) is 32.2. The molecule has 2 aromatic heterocycles. The van der Waals surface area contributed by atoms with Gasteiger partial charge in [0.15, 0.2) is 0 Å². The minimum absolute atomic E-state index is 0.167. The van der Waals surface area contributed by atoms with Gasteiger partial charge in [-0.25, -0.2) is 0 Å². The van der Waals surface area contributed by atoms with Crippen LogP contribution in [0.3, 0.4) is 0 Å². The highest BCUT2D eigenvalue weighted by atomic mass is 15.0. The summed E-state index contributed by atoms with van der Waals surface area (Å²) in [7, 11) is 0. The molecular formula is C55H37N3. The molecule has 0 atom stereocenters. The smallest absolute Gasteiger partial charge is 0.0971 e. The molecule has 0 radical (unpaired) electrons. The van der Waals surface area contributed by atoms with Crippen LogP contribution in [0.25, 0.3) is 105 Å². The first-order chi connectivity index (χ1) is 28.5. The van der Waals surface area contributed by atoms with Gasteiger partial charge in [-0.15, -0.1) is 0 Å². The summed E-state index contributed by atoms with van der Waals surface area (Å²) in [6.45, 7) is 4.75. The lowest BCUT2D eigenvalue weighted by atomic mass is 9.80. The summed E-state index contributed by atoms with van der Waals surface area (Å²) in [4.78, 5) is 9.49. The van der Waals surface area contributed by atoms with Crippen molar-refractivity contribution >= 4 is 54.4 Å². The van der Waals surface area contributed by atoms with Gasteiger partial charge in [0.2, 0.25) is 0 Å². The van der Waals surface area contributed by atoms with E-state index in [1.807, 2.05) is 0 Å². The third-order valence-corrected chi connectivity index (χ3v) is 12.7. The zero-order chi connectivity index (χ0) is 38.5. The van der Waals surface area contributed by atoms with E-state index in [1.165, 1.54) is 93.9 Å². The highest BCUT2D eigenvalue weighted by molar-refractivity contribution is 6.23. The molecule has 0 bridgehead atoms. The summed E-state index contributed by atoms with van der Waals surface area (Å²) < 4.78 is 2.39. The number of para-hydroxylation sites is 2. The summed E-state index contributed by atoms with van der Waals surface area (Å²) in [6.07, 6.45) is 3.58. The van der Waals surface area contributed by atoms with Crippen molar-refractivity contribution in [3.05, 3.63) is 199 Å². The number of fused-ring (bicyclic) bond motifs is 12. The Kier molecular flexibility index (Phi) is 6.98. The Labute approximate surface area is 336 Å². The molecule has 0 N–H and O–H groups in total. The molecule has 0 unspecified atom stereocenters. The Morgan fingerprint density at radius 2 is 0.862 bits per heavy atom. The second-order valence-electron chi connectivity index (χ2n) is 16.2. The van der Waals surface area contributed by atoms with Crippen molar-refractivity contribution in [1.82, 2.24) is 14.5 Å².